The van der Waals surface area contributed by atoms with Crippen LogP contribution in [0.15, 0.2) is 51.8 Å². The zero-order chi connectivity index (χ0) is 33.0. The first-order valence-electron chi connectivity index (χ1n) is 15.6. The van der Waals surface area contributed by atoms with Gasteiger partial charge in [-0.1, -0.05) is 6.07 Å². The van der Waals surface area contributed by atoms with Crippen LogP contribution >= 0.6 is 0 Å². The van der Waals surface area contributed by atoms with Crippen molar-refractivity contribution in [2.24, 2.45) is 0 Å². The van der Waals surface area contributed by atoms with Gasteiger partial charge in [-0.25, -0.2) is 4.39 Å². The number of nitrogens with one attached hydrogen (secondary N) is 1. The molecule has 4 heterocycles. The Morgan fingerprint density at radius 2 is 1.76 bits per heavy atom. The van der Waals surface area contributed by atoms with Gasteiger partial charge in [0, 0.05) is 41.4 Å². The molecule has 1 N–H and O–H groups in total. The summed E-state index contributed by atoms with van der Waals surface area (Å²) in [7, 11) is -1.03. The van der Waals surface area contributed by atoms with Gasteiger partial charge in [-0.05, 0) is 84.4 Å². The number of benzene rings is 2. The van der Waals surface area contributed by atoms with Gasteiger partial charge in [0.25, 0.3) is 0 Å². The Morgan fingerprint density at radius 3 is 2.43 bits per heavy atom. The standard InChI is InChI=1S/C35H39BFN3O6/c1-20-15-25(32-26(16-20)31(42)21(2)33(44-32)40-11-13-43-14-12-40)22(3)39-28-9-8-10-38-30(28)23-17-24(19-41)29(27(37)18-23)36-45-34(4,5)35(6,7)46-36/h8-10,15-19,22,39H,11-14H2,1-7H3. The van der Waals surface area contributed by atoms with Gasteiger partial charge in [-0.3, -0.25) is 14.6 Å². The molecule has 0 saturated carbocycles. The minimum absolute atomic E-state index is 0.0591. The molecule has 11 heteroatoms. The molecule has 2 aliphatic rings. The molecule has 46 heavy (non-hydrogen) atoms. The van der Waals surface area contributed by atoms with E-state index in [4.69, 9.17) is 18.5 Å². The molecule has 2 aromatic heterocycles. The predicted octanol–water partition coefficient (Wildman–Crippen LogP) is 5.73. The van der Waals surface area contributed by atoms with E-state index in [9.17, 15) is 9.59 Å². The fraction of sp³-hybridized carbons (Fsp3) is 0.400. The molecule has 0 bridgehead atoms. The van der Waals surface area contributed by atoms with Gasteiger partial charge in [-0.15, -0.1) is 0 Å². The highest BCUT2D eigenvalue weighted by Gasteiger charge is 2.53. The highest BCUT2D eigenvalue weighted by Crippen LogP contribution is 2.38. The van der Waals surface area contributed by atoms with Crippen LogP contribution in [0.25, 0.3) is 22.2 Å². The maximum absolute atomic E-state index is 15.9. The highest BCUT2D eigenvalue weighted by molar-refractivity contribution is 6.63. The van der Waals surface area contributed by atoms with Gasteiger partial charge in [0.1, 0.15) is 17.7 Å². The number of morpholine rings is 1. The molecule has 1 atom stereocenters. The molecule has 2 aromatic carbocycles. The first-order chi connectivity index (χ1) is 21.8. The van der Waals surface area contributed by atoms with Crippen molar-refractivity contribution in [3.63, 3.8) is 0 Å². The Balaban J connectivity index is 1.38. The van der Waals surface area contributed by atoms with Crippen LogP contribution < -0.4 is 21.1 Å². The van der Waals surface area contributed by atoms with Crippen molar-refractivity contribution >= 4 is 41.4 Å². The van der Waals surface area contributed by atoms with Crippen LogP contribution in [0.1, 0.15) is 67.7 Å². The van der Waals surface area contributed by atoms with Gasteiger partial charge in [-0.2, -0.15) is 0 Å². The fourth-order valence-electron chi connectivity index (χ4n) is 6.09. The van der Waals surface area contributed by atoms with E-state index in [1.54, 1.807) is 25.3 Å². The Morgan fingerprint density at radius 1 is 1.07 bits per heavy atom. The molecule has 6 rings (SSSR count). The normalized spacial score (nSPS) is 18.2. The second-order valence-electron chi connectivity index (χ2n) is 13.1. The SMILES string of the molecule is Cc1cc(C(C)Nc2cccnc2-c2cc(F)c(B3OC(C)(C)C(C)(C)O3)c(C=O)c2)c2oc(N3CCOCC3)c(C)c(=O)c2c1. The first-order valence-corrected chi connectivity index (χ1v) is 15.6. The summed E-state index contributed by atoms with van der Waals surface area (Å²) in [5, 5.41) is 4.02. The Hall–Kier alpha value is -4.06. The third-order valence-electron chi connectivity index (χ3n) is 9.36. The molecular weight excluding hydrogens is 588 g/mol. The third-order valence-corrected chi connectivity index (χ3v) is 9.36. The summed E-state index contributed by atoms with van der Waals surface area (Å²) in [4.78, 5) is 32.5. The number of anilines is 2. The monoisotopic (exact) mass is 627 g/mol. The van der Waals surface area contributed by atoms with Crippen LogP contribution in [0, 0.1) is 19.7 Å². The largest absolute Gasteiger partial charge is 0.498 e. The van der Waals surface area contributed by atoms with E-state index in [1.807, 2.05) is 64.6 Å². The number of ether oxygens (including phenoxy) is 1. The molecule has 4 aromatic rings. The maximum atomic E-state index is 15.9. The summed E-state index contributed by atoms with van der Waals surface area (Å²) in [6, 6.07) is 10.1. The number of rotatable bonds is 7. The number of aromatic nitrogens is 1. The van der Waals surface area contributed by atoms with Gasteiger partial charge in [0.2, 0.25) is 5.88 Å². The van der Waals surface area contributed by atoms with Crippen LogP contribution in [-0.2, 0) is 14.0 Å². The number of fused-ring (bicyclic) bond motifs is 1. The molecule has 2 aliphatic heterocycles. The third kappa shape index (κ3) is 5.61. The van der Waals surface area contributed by atoms with Crippen molar-refractivity contribution in [1.29, 1.82) is 0 Å². The second-order valence-corrected chi connectivity index (χ2v) is 13.1. The lowest BCUT2D eigenvalue weighted by molar-refractivity contribution is 0.00578. The molecule has 0 aliphatic carbocycles. The molecular formula is C35H39BFN3O6. The lowest BCUT2D eigenvalue weighted by atomic mass is 9.75. The number of halogens is 1. The number of pyridine rings is 1. The van der Waals surface area contributed by atoms with E-state index >= 15 is 4.39 Å². The number of aryl methyl sites for hydroxylation is 1. The molecule has 2 saturated heterocycles. The second kappa shape index (κ2) is 11.9. The molecule has 0 amide bonds. The summed E-state index contributed by atoms with van der Waals surface area (Å²) in [5.41, 5.74) is 3.01. The van der Waals surface area contributed by atoms with Crippen molar-refractivity contribution in [3.8, 4) is 11.3 Å². The molecule has 0 spiro atoms. The van der Waals surface area contributed by atoms with Crippen LogP contribution in [0.5, 0.6) is 0 Å². The average Bonchev–Trinajstić information content (AvgIpc) is 3.24. The highest BCUT2D eigenvalue weighted by atomic mass is 19.1. The Kier molecular flexibility index (Phi) is 8.29. The molecule has 2 fully saturated rings. The van der Waals surface area contributed by atoms with Crippen molar-refractivity contribution in [2.75, 3.05) is 36.5 Å². The smallest absolute Gasteiger partial charge is 0.440 e. The zero-order valence-corrected chi connectivity index (χ0v) is 27.3. The predicted molar refractivity (Wildman–Crippen MR) is 178 cm³/mol. The molecule has 1 unspecified atom stereocenters. The van der Waals surface area contributed by atoms with E-state index in [0.717, 1.165) is 11.1 Å². The van der Waals surface area contributed by atoms with Crippen LogP contribution in [-0.4, -0.2) is 55.9 Å². The fourth-order valence-corrected chi connectivity index (χ4v) is 6.09. The lowest BCUT2D eigenvalue weighted by Crippen LogP contribution is -2.41. The number of hydrogen-bond acceptors (Lipinski definition) is 9. The summed E-state index contributed by atoms with van der Waals surface area (Å²) in [6.45, 7) is 15.6. The average molecular weight is 628 g/mol. The van der Waals surface area contributed by atoms with Gasteiger partial charge >= 0.3 is 7.12 Å². The van der Waals surface area contributed by atoms with Crippen LogP contribution in [0.2, 0.25) is 0 Å². The van der Waals surface area contributed by atoms with Gasteiger partial charge < -0.3 is 28.7 Å². The maximum Gasteiger partial charge on any atom is 0.498 e. The summed E-state index contributed by atoms with van der Waals surface area (Å²) in [5.74, 6) is -0.0701. The molecule has 240 valence electrons. The first kappa shape index (κ1) is 31.9. The summed E-state index contributed by atoms with van der Waals surface area (Å²) >= 11 is 0. The summed E-state index contributed by atoms with van der Waals surface area (Å²) < 4.78 is 40.0. The minimum Gasteiger partial charge on any atom is -0.440 e. The van der Waals surface area contributed by atoms with E-state index in [1.165, 1.54) is 6.07 Å². The Labute approximate surface area is 268 Å². The number of hydrogen-bond donors (Lipinski definition) is 1. The van der Waals surface area contributed by atoms with Crippen molar-refractivity contribution in [2.45, 2.75) is 65.7 Å². The number of carbonyl (C=O) groups excluding carboxylic acids is 1. The van der Waals surface area contributed by atoms with Gasteiger partial charge in [0.05, 0.1) is 52.8 Å². The van der Waals surface area contributed by atoms with Crippen LogP contribution in [0.3, 0.4) is 0 Å². The molecule has 9 nitrogen and oxygen atoms in total. The van der Waals surface area contributed by atoms with Crippen LogP contribution in [0.4, 0.5) is 16.0 Å². The minimum atomic E-state index is -1.03. The number of nitrogens with zero attached hydrogens (tertiary/aromatic N) is 2. The van der Waals surface area contributed by atoms with Crippen molar-refractivity contribution < 1.29 is 27.6 Å². The van der Waals surface area contributed by atoms with E-state index < -0.39 is 24.1 Å². The zero-order valence-electron chi connectivity index (χ0n) is 27.3. The van der Waals surface area contributed by atoms with E-state index in [2.05, 4.69) is 10.3 Å². The lowest BCUT2D eigenvalue weighted by Gasteiger charge is -2.32. The topological polar surface area (TPSA) is 103 Å². The number of carbonyl (C=O) groups is 1. The van der Waals surface area contributed by atoms with Crippen molar-refractivity contribution in [1.82, 2.24) is 4.98 Å². The molecule has 0 radical (unpaired) electrons. The quantitative estimate of drug-likeness (QED) is 0.203. The van der Waals surface area contributed by atoms with E-state index in [-0.39, 0.29) is 22.5 Å². The van der Waals surface area contributed by atoms with Crippen molar-refractivity contribution in [3.05, 3.63) is 80.9 Å². The van der Waals surface area contributed by atoms with Gasteiger partial charge in [0.15, 0.2) is 5.43 Å². The summed E-state index contributed by atoms with van der Waals surface area (Å²) in [6.07, 6.45) is 2.23. The van der Waals surface area contributed by atoms with E-state index in [0.29, 0.717) is 72.0 Å². The number of aldehydes is 1. The Bertz CT molecular complexity index is 1870.